The van der Waals surface area contributed by atoms with Gasteiger partial charge in [-0.2, -0.15) is 0 Å². The maximum atomic E-state index is 12.9. The van der Waals surface area contributed by atoms with Gasteiger partial charge in [-0.15, -0.1) is 0 Å². The van der Waals surface area contributed by atoms with Crippen molar-refractivity contribution in [2.75, 3.05) is 20.2 Å². The van der Waals surface area contributed by atoms with E-state index in [0.717, 1.165) is 17.7 Å². The van der Waals surface area contributed by atoms with Gasteiger partial charge in [0.1, 0.15) is 5.75 Å². The standard InChI is InChI=1S/C20H24N2O3/c1-14(2)25-18-9-6-11-21-19(18)20(23)22-12-10-15(13-22)16-7-4-5-8-17(16)24-3/h4-9,11,14-15H,10,12-13H2,1-3H3. The van der Waals surface area contributed by atoms with Crippen molar-refractivity contribution in [3.63, 3.8) is 0 Å². The summed E-state index contributed by atoms with van der Waals surface area (Å²) in [7, 11) is 1.68. The quantitative estimate of drug-likeness (QED) is 0.836. The second-order valence-electron chi connectivity index (χ2n) is 6.50. The topological polar surface area (TPSA) is 51.7 Å². The van der Waals surface area contributed by atoms with E-state index >= 15 is 0 Å². The molecule has 2 heterocycles. The highest BCUT2D eigenvalue weighted by Gasteiger charge is 2.31. The van der Waals surface area contributed by atoms with Crippen molar-refractivity contribution in [2.24, 2.45) is 0 Å². The number of likely N-dealkylation sites (tertiary alicyclic amines) is 1. The minimum absolute atomic E-state index is 0.00402. The van der Waals surface area contributed by atoms with Crippen molar-refractivity contribution < 1.29 is 14.3 Å². The van der Waals surface area contributed by atoms with E-state index in [2.05, 4.69) is 11.1 Å². The fourth-order valence-electron chi connectivity index (χ4n) is 3.25. The lowest BCUT2D eigenvalue weighted by molar-refractivity contribution is 0.0778. The maximum absolute atomic E-state index is 12.9. The number of carbonyl (C=O) groups is 1. The molecule has 0 aliphatic carbocycles. The molecule has 1 aliphatic rings. The SMILES string of the molecule is COc1ccccc1C1CCN(C(=O)c2ncccc2OC(C)C)C1. The number of benzene rings is 1. The van der Waals surface area contributed by atoms with Gasteiger partial charge >= 0.3 is 0 Å². The first-order valence-corrected chi connectivity index (χ1v) is 8.64. The number of pyridine rings is 1. The van der Waals surface area contributed by atoms with Crippen molar-refractivity contribution >= 4 is 5.91 Å². The van der Waals surface area contributed by atoms with Gasteiger partial charge in [-0.05, 0) is 44.0 Å². The van der Waals surface area contributed by atoms with Gasteiger partial charge in [-0.3, -0.25) is 4.79 Å². The van der Waals surface area contributed by atoms with E-state index in [1.807, 2.05) is 36.9 Å². The van der Waals surface area contributed by atoms with Crippen LogP contribution in [0.25, 0.3) is 0 Å². The molecular formula is C20H24N2O3. The van der Waals surface area contributed by atoms with E-state index in [1.165, 1.54) is 0 Å². The van der Waals surface area contributed by atoms with E-state index < -0.39 is 0 Å². The summed E-state index contributed by atoms with van der Waals surface area (Å²) in [6, 6.07) is 11.6. The Morgan fingerprint density at radius 3 is 2.72 bits per heavy atom. The van der Waals surface area contributed by atoms with E-state index in [-0.39, 0.29) is 17.9 Å². The molecule has 1 aromatic heterocycles. The number of hydrogen-bond donors (Lipinski definition) is 0. The summed E-state index contributed by atoms with van der Waals surface area (Å²) in [4.78, 5) is 19.1. The number of nitrogens with zero attached hydrogens (tertiary/aromatic N) is 2. The molecular weight excluding hydrogens is 316 g/mol. The monoisotopic (exact) mass is 340 g/mol. The summed E-state index contributed by atoms with van der Waals surface area (Å²) in [5.74, 6) is 1.62. The molecule has 1 aliphatic heterocycles. The molecule has 1 aromatic carbocycles. The number of ether oxygens (including phenoxy) is 2. The third-order valence-corrected chi connectivity index (χ3v) is 4.39. The minimum atomic E-state index is -0.0753. The largest absolute Gasteiger partial charge is 0.496 e. The normalized spacial score (nSPS) is 17.0. The van der Waals surface area contributed by atoms with Gasteiger partial charge in [-0.1, -0.05) is 18.2 Å². The number of rotatable bonds is 5. The van der Waals surface area contributed by atoms with Gasteiger partial charge < -0.3 is 14.4 Å². The number of aromatic nitrogens is 1. The fourth-order valence-corrected chi connectivity index (χ4v) is 3.25. The summed E-state index contributed by atoms with van der Waals surface area (Å²) in [5, 5.41) is 0. The molecule has 5 heteroatoms. The summed E-state index contributed by atoms with van der Waals surface area (Å²) < 4.78 is 11.2. The Labute approximate surface area is 148 Å². The Bertz CT molecular complexity index is 745. The zero-order valence-electron chi connectivity index (χ0n) is 14.9. The van der Waals surface area contributed by atoms with E-state index in [9.17, 15) is 4.79 Å². The first kappa shape index (κ1) is 17.3. The van der Waals surface area contributed by atoms with Crippen LogP contribution < -0.4 is 9.47 Å². The third kappa shape index (κ3) is 3.76. The van der Waals surface area contributed by atoms with Crippen LogP contribution in [-0.2, 0) is 0 Å². The zero-order chi connectivity index (χ0) is 17.8. The van der Waals surface area contributed by atoms with Gasteiger partial charge in [0.25, 0.3) is 5.91 Å². The van der Waals surface area contributed by atoms with E-state index in [0.29, 0.717) is 24.5 Å². The second kappa shape index (κ2) is 7.55. The molecule has 1 unspecified atom stereocenters. The van der Waals surface area contributed by atoms with Crippen molar-refractivity contribution in [3.8, 4) is 11.5 Å². The van der Waals surface area contributed by atoms with Crippen LogP contribution in [0.3, 0.4) is 0 Å². The molecule has 25 heavy (non-hydrogen) atoms. The first-order chi connectivity index (χ1) is 12.1. The van der Waals surface area contributed by atoms with Gasteiger partial charge in [0.05, 0.1) is 13.2 Å². The van der Waals surface area contributed by atoms with E-state index in [4.69, 9.17) is 9.47 Å². The Balaban J connectivity index is 1.77. The predicted molar refractivity (Wildman–Crippen MR) is 96.3 cm³/mol. The number of carbonyl (C=O) groups excluding carboxylic acids is 1. The van der Waals surface area contributed by atoms with Gasteiger partial charge in [0.2, 0.25) is 0 Å². The number of amides is 1. The van der Waals surface area contributed by atoms with Crippen LogP contribution in [0.4, 0.5) is 0 Å². The molecule has 0 bridgehead atoms. The summed E-state index contributed by atoms with van der Waals surface area (Å²) in [5.41, 5.74) is 1.54. The highest BCUT2D eigenvalue weighted by atomic mass is 16.5. The van der Waals surface area contributed by atoms with Crippen LogP contribution >= 0.6 is 0 Å². The Morgan fingerprint density at radius 1 is 1.20 bits per heavy atom. The molecule has 0 spiro atoms. The average molecular weight is 340 g/mol. The number of hydrogen-bond acceptors (Lipinski definition) is 4. The van der Waals surface area contributed by atoms with Crippen molar-refractivity contribution in [1.82, 2.24) is 9.88 Å². The molecule has 1 atom stereocenters. The molecule has 1 amide bonds. The summed E-state index contributed by atoms with van der Waals surface area (Å²) in [6.07, 6.45) is 2.55. The maximum Gasteiger partial charge on any atom is 0.276 e. The summed E-state index contributed by atoms with van der Waals surface area (Å²) >= 11 is 0. The molecule has 1 fully saturated rings. The van der Waals surface area contributed by atoms with Crippen molar-refractivity contribution in [3.05, 3.63) is 53.9 Å². The number of methoxy groups -OCH3 is 1. The van der Waals surface area contributed by atoms with Crippen LogP contribution in [0.5, 0.6) is 11.5 Å². The third-order valence-electron chi connectivity index (χ3n) is 4.39. The van der Waals surface area contributed by atoms with Crippen LogP contribution in [0, 0.1) is 0 Å². The van der Waals surface area contributed by atoms with Crippen LogP contribution in [-0.4, -0.2) is 42.1 Å². The lowest BCUT2D eigenvalue weighted by Gasteiger charge is -2.19. The molecule has 0 radical (unpaired) electrons. The van der Waals surface area contributed by atoms with Crippen molar-refractivity contribution in [2.45, 2.75) is 32.3 Å². The molecule has 132 valence electrons. The summed E-state index contributed by atoms with van der Waals surface area (Å²) in [6.45, 7) is 5.25. The lowest BCUT2D eigenvalue weighted by Crippen LogP contribution is -2.30. The fraction of sp³-hybridized carbons (Fsp3) is 0.400. The van der Waals surface area contributed by atoms with Crippen LogP contribution in [0.1, 0.15) is 42.2 Å². The predicted octanol–water partition coefficient (Wildman–Crippen LogP) is 3.51. The zero-order valence-corrected chi connectivity index (χ0v) is 14.9. The molecule has 0 saturated carbocycles. The van der Waals surface area contributed by atoms with Crippen LogP contribution in [0.15, 0.2) is 42.6 Å². The molecule has 3 rings (SSSR count). The molecule has 0 N–H and O–H groups in total. The average Bonchev–Trinajstić information content (AvgIpc) is 3.11. The Hall–Kier alpha value is -2.56. The Kier molecular flexibility index (Phi) is 5.22. The molecule has 1 saturated heterocycles. The van der Waals surface area contributed by atoms with Gasteiger partial charge in [0.15, 0.2) is 11.4 Å². The molecule has 2 aromatic rings. The van der Waals surface area contributed by atoms with E-state index in [1.54, 1.807) is 25.4 Å². The van der Waals surface area contributed by atoms with Crippen LogP contribution in [0.2, 0.25) is 0 Å². The minimum Gasteiger partial charge on any atom is -0.496 e. The lowest BCUT2D eigenvalue weighted by atomic mass is 9.97. The van der Waals surface area contributed by atoms with Gasteiger partial charge in [0, 0.05) is 25.2 Å². The highest BCUT2D eigenvalue weighted by Crippen LogP contribution is 2.34. The first-order valence-electron chi connectivity index (χ1n) is 8.64. The highest BCUT2D eigenvalue weighted by molar-refractivity contribution is 5.95. The van der Waals surface area contributed by atoms with Crippen molar-refractivity contribution in [1.29, 1.82) is 0 Å². The van der Waals surface area contributed by atoms with Gasteiger partial charge in [-0.25, -0.2) is 4.98 Å². The Morgan fingerprint density at radius 2 is 1.96 bits per heavy atom. The smallest absolute Gasteiger partial charge is 0.276 e. The second-order valence-corrected chi connectivity index (χ2v) is 6.50. The number of para-hydroxylation sites is 1. The molecule has 5 nitrogen and oxygen atoms in total.